The Balaban J connectivity index is 2.20. The van der Waals surface area contributed by atoms with Crippen molar-refractivity contribution in [2.45, 2.75) is 58.1 Å². The third-order valence-electron chi connectivity index (χ3n) is 4.52. The number of anilines is 1. The fraction of sp³-hybridized carbons (Fsp3) is 0.647. The molecule has 0 saturated heterocycles. The molecule has 1 saturated carbocycles. The molecule has 2 unspecified atom stereocenters. The van der Waals surface area contributed by atoms with Crippen molar-refractivity contribution in [1.82, 2.24) is 0 Å². The molecule has 0 heterocycles. The minimum Gasteiger partial charge on any atom is -0.388 e. The fourth-order valence-electron chi connectivity index (χ4n) is 3.26. The lowest BCUT2D eigenvalue weighted by atomic mass is 9.86. The molecule has 2 nitrogen and oxygen atoms in total. The highest BCUT2D eigenvalue weighted by atomic mass is 16.3. The summed E-state index contributed by atoms with van der Waals surface area (Å²) >= 11 is 0. The van der Waals surface area contributed by atoms with Crippen LogP contribution in [0.4, 0.5) is 5.69 Å². The molecule has 0 aromatic heterocycles. The van der Waals surface area contributed by atoms with Gasteiger partial charge in [-0.25, -0.2) is 0 Å². The van der Waals surface area contributed by atoms with Crippen LogP contribution in [0.3, 0.4) is 0 Å². The lowest BCUT2D eigenvalue weighted by Crippen LogP contribution is -2.36. The largest absolute Gasteiger partial charge is 0.388 e. The molecule has 2 heteroatoms. The quantitative estimate of drug-likeness (QED) is 0.880. The maximum absolute atomic E-state index is 10.2. The average molecular weight is 261 g/mol. The second-order valence-corrected chi connectivity index (χ2v) is 6.02. The van der Waals surface area contributed by atoms with Gasteiger partial charge in [0.15, 0.2) is 0 Å². The van der Waals surface area contributed by atoms with Crippen LogP contribution in [0.2, 0.25) is 0 Å². The number of hydrogen-bond donors (Lipinski definition) is 1. The van der Waals surface area contributed by atoms with Crippen LogP contribution in [0.15, 0.2) is 24.3 Å². The second kappa shape index (κ2) is 6.42. The van der Waals surface area contributed by atoms with E-state index in [0.29, 0.717) is 6.04 Å². The molecule has 0 amide bonds. The Morgan fingerprint density at radius 1 is 1.32 bits per heavy atom. The van der Waals surface area contributed by atoms with Crippen LogP contribution in [-0.4, -0.2) is 18.2 Å². The topological polar surface area (TPSA) is 23.5 Å². The van der Waals surface area contributed by atoms with Gasteiger partial charge < -0.3 is 10.0 Å². The van der Waals surface area contributed by atoms with Gasteiger partial charge in [0.05, 0.1) is 6.10 Å². The van der Waals surface area contributed by atoms with Gasteiger partial charge >= 0.3 is 0 Å². The summed E-state index contributed by atoms with van der Waals surface area (Å²) in [5.74, 6) is 0.824. The van der Waals surface area contributed by atoms with Gasteiger partial charge in [0.2, 0.25) is 0 Å². The second-order valence-electron chi connectivity index (χ2n) is 6.02. The maximum atomic E-state index is 10.2. The van der Waals surface area contributed by atoms with Crippen molar-refractivity contribution in [2.75, 3.05) is 11.9 Å². The van der Waals surface area contributed by atoms with Gasteiger partial charge in [-0.1, -0.05) is 44.9 Å². The van der Waals surface area contributed by atoms with E-state index in [2.05, 4.69) is 37.1 Å². The molecular weight excluding hydrogens is 234 g/mol. The number of hydrogen-bond acceptors (Lipinski definition) is 2. The predicted molar refractivity (Wildman–Crippen MR) is 81.5 cm³/mol. The molecule has 1 aliphatic carbocycles. The van der Waals surface area contributed by atoms with Crippen LogP contribution in [-0.2, 0) is 0 Å². The van der Waals surface area contributed by atoms with E-state index < -0.39 is 0 Å². The standard InChI is InChI=1S/C17H27NO/c1-4-17(19)15-10-5-6-11-16(15)18(3)14-9-7-8-13(2)12-14/h5-6,10-11,13-14,17,19H,4,7-9,12H2,1-3H3/t13?,14?,17-/m0/s1. The van der Waals surface area contributed by atoms with Gasteiger partial charge in [-0.15, -0.1) is 0 Å². The Kier molecular flexibility index (Phi) is 4.87. The normalized spacial score (nSPS) is 25.1. The Labute approximate surface area is 117 Å². The Morgan fingerprint density at radius 2 is 2.05 bits per heavy atom. The number of benzene rings is 1. The van der Waals surface area contributed by atoms with Crippen LogP contribution < -0.4 is 4.90 Å². The Morgan fingerprint density at radius 3 is 2.74 bits per heavy atom. The van der Waals surface area contributed by atoms with Gasteiger partial charge in [-0.05, 0) is 31.2 Å². The van der Waals surface area contributed by atoms with E-state index in [1.807, 2.05) is 13.0 Å². The van der Waals surface area contributed by atoms with E-state index in [-0.39, 0.29) is 6.10 Å². The molecule has 1 N–H and O–H groups in total. The summed E-state index contributed by atoms with van der Waals surface area (Å²) in [6, 6.07) is 8.92. The molecule has 0 radical (unpaired) electrons. The van der Waals surface area contributed by atoms with E-state index in [4.69, 9.17) is 0 Å². The maximum Gasteiger partial charge on any atom is 0.0807 e. The molecule has 106 valence electrons. The highest BCUT2D eigenvalue weighted by molar-refractivity contribution is 5.54. The van der Waals surface area contributed by atoms with Crippen molar-refractivity contribution < 1.29 is 5.11 Å². The van der Waals surface area contributed by atoms with E-state index in [9.17, 15) is 5.11 Å². The molecule has 3 atom stereocenters. The Hall–Kier alpha value is -1.02. The average Bonchev–Trinajstić information content (AvgIpc) is 2.45. The third-order valence-corrected chi connectivity index (χ3v) is 4.52. The molecule has 0 bridgehead atoms. The highest BCUT2D eigenvalue weighted by Gasteiger charge is 2.24. The first-order chi connectivity index (χ1) is 9.13. The lowest BCUT2D eigenvalue weighted by molar-refractivity contribution is 0.174. The van der Waals surface area contributed by atoms with Crippen LogP contribution in [0, 0.1) is 5.92 Å². The SMILES string of the molecule is CC[C@H](O)c1ccccc1N(C)C1CCCC(C)C1. The molecule has 19 heavy (non-hydrogen) atoms. The molecule has 1 aliphatic rings. The van der Waals surface area contributed by atoms with Gasteiger partial charge in [0.25, 0.3) is 0 Å². The Bertz CT molecular complexity index is 404. The van der Waals surface area contributed by atoms with Crippen LogP contribution in [0.25, 0.3) is 0 Å². The zero-order chi connectivity index (χ0) is 13.8. The van der Waals surface area contributed by atoms with E-state index >= 15 is 0 Å². The number of nitrogens with zero attached hydrogens (tertiary/aromatic N) is 1. The smallest absolute Gasteiger partial charge is 0.0807 e. The molecule has 1 aromatic carbocycles. The van der Waals surface area contributed by atoms with Gasteiger partial charge in [-0.2, -0.15) is 0 Å². The first-order valence-electron chi connectivity index (χ1n) is 7.63. The number of para-hydroxylation sites is 1. The van der Waals surface area contributed by atoms with Crippen molar-refractivity contribution in [2.24, 2.45) is 5.92 Å². The summed E-state index contributed by atoms with van der Waals surface area (Å²) in [5, 5.41) is 10.2. The number of aliphatic hydroxyl groups is 1. The summed E-state index contributed by atoms with van der Waals surface area (Å²) in [4.78, 5) is 2.39. The van der Waals surface area contributed by atoms with Crippen molar-refractivity contribution in [1.29, 1.82) is 0 Å². The van der Waals surface area contributed by atoms with E-state index in [1.165, 1.54) is 31.4 Å². The van der Waals surface area contributed by atoms with Crippen molar-refractivity contribution >= 4 is 5.69 Å². The van der Waals surface area contributed by atoms with Gasteiger partial charge in [-0.3, -0.25) is 0 Å². The lowest BCUT2D eigenvalue weighted by Gasteiger charge is -2.37. The summed E-state index contributed by atoms with van der Waals surface area (Å²) in [5.41, 5.74) is 2.28. The number of aliphatic hydroxyl groups excluding tert-OH is 1. The molecule has 1 aromatic rings. The molecule has 2 rings (SSSR count). The first kappa shape index (κ1) is 14.4. The summed E-state index contributed by atoms with van der Waals surface area (Å²) in [7, 11) is 2.18. The third kappa shape index (κ3) is 3.30. The van der Waals surface area contributed by atoms with Crippen LogP contribution in [0.5, 0.6) is 0 Å². The monoisotopic (exact) mass is 261 g/mol. The minimum atomic E-state index is -0.348. The van der Waals surface area contributed by atoms with Crippen LogP contribution >= 0.6 is 0 Å². The fourth-order valence-corrected chi connectivity index (χ4v) is 3.26. The van der Waals surface area contributed by atoms with Gasteiger partial charge in [0, 0.05) is 24.3 Å². The van der Waals surface area contributed by atoms with E-state index in [0.717, 1.165) is 17.9 Å². The predicted octanol–water partition coefficient (Wildman–Crippen LogP) is 4.14. The first-order valence-corrected chi connectivity index (χ1v) is 7.63. The molecule has 0 aliphatic heterocycles. The number of rotatable bonds is 4. The summed E-state index contributed by atoms with van der Waals surface area (Å²) in [6.07, 6.45) is 5.66. The van der Waals surface area contributed by atoms with E-state index in [1.54, 1.807) is 0 Å². The highest BCUT2D eigenvalue weighted by Crippen LogP contribution is 2.33. The minimum absolute atomic E-state index is 0.348. The van der Waals surface area contributed by atoms with Crippen LogP contribution in [0.1, 0.15) is 57.6 Å². The van der Waals surface area contributed by atoms with Crippen molar-refractivity contribution in [3.8, 4) is 0 Å². The van der Waals surface area contributed by atoms with Crippen molar-refractivity contribution in [3.63, 3.8) is 0 Å². The zero-order valence-corrected chi connectivity index (χ0v) is 12.5. The zero-order valence-electron chi connectivity index (χ0n) is 12.5. The molecule has 1 fully saturated rings. The van der Waals surface area contributed by atoms with Gasteiger partial charge in [0.1, 0.15) is 0 Å². The molecule has 0 spiro atoms. The summed E-state index contributed by atoms with van der Waals surface area (Å²) in [6.45, 7) is 4.39. The molecular formula is C17H27NO. The summed E-state index contributed by atoms with van der Waals surface area (Å²) < 4.78 is 0. The van der Waals surface area contributed by atoms with Crippen molar-refractivity contribution in [3.05, 3.63) is 29.8 Å².